The molecule has 7 nitrogen and oxygen atoms in total. The van der Waals surface area contributed by atoms with Gasteiger partial charge in [-0.2, -0.15) is 5.10 Å². The minimum absolute atomic E-state index is 0.0257. The van der Waals surface area contributed by atoms with Crippen molar-refractivity contribution in [1.29, 1.82) is 0 Å². The van der Waals surface area contributed by atoms with Gasteiger partial charge in [-0.1, -0.05) is 6.92 Å². The SMILES string of the molecule is CCNC(=O)c1cc(-n2cc(-c3cncc(NC4CCN(CC)C[C@H]4F)c3)cn2)c(C)cc1F. The van der Waals surface area contributed by atoms with Crippen LogP contribution in [-0.4, -0.2) is 64.0 Å². The molecule has 3 aromatic rings. The fraction of sp³-hybridized carbons (Fsp3) is 0.400. The molecule has 180 valence electrons. The van der Waals surface area contributed by atoms with Crippen LogP contribution in [0.3, 0.4) is 0 Å². The van der Waals surface area contributed by atoms with E-state index in [2.05, 4.69) is 25.6 Å². The van der Waals surface area contributed by atoms with E-state index in [1.54, 1.807) is 43.3 Å². The lowest BCUT2D eigenvalue weighted by molar-refractivity contribution is 0.0951. The number of piperidine rings is 1. The number of likely N-dealkylation sites (tertiary alicyclic amines) is 1. The van der Waals surface area contributed by atoms with Crippen LogP contribution in [0.1, 0.15) is 36.2 Å². The van der Waals surface area contributed by atoms with Gasteiger partial charge in [0, 0.05) is 49.4 Å². The summed E-state index contributed by atoms with van der Waals surface area (Å²) >= 11 is 0. The summed E-state index contributed by atoms with van der Waals surface area (Å²) in [5.41, 5.74) is 3.61. The standard InChI is InChI=1S/C25H30F2N6O/c1-4-29-25(34)20-10-24(16(3)8-21(20)26)33-14-18(12-30-33)17-9-19(13-28-11-17)31-23-6-7-32(5-2)15-22(23)27/h8-14,22-23,31H,4-7,15H2,1-3H3,(H,29,34)/t22-,23?/m1/s1. The first-order valence-electron chi connectivity index (χ1n) is 11.6. The number of hydrogen-bond donors (Lipinski definition) is 2. The number of rotatable bonds is 7. The Balaban J connectivity index is 1.55. The summed E-state index contributed by atoms with van der Waals surface area (Å²) in [5.74, 6) is -1.04. The van der Waals surface area contributed by atoms with Gasteiger partial charge in [-0.25, -0.2) is 13.5 Å². The first kappa shape index (κ1) is 23.8. The third-order valence-electron chi connectivity index (χ3n) is 6.19. The molecule has 3 heterocycles. The molecule has 1 unspecified atom stereocenters. The summed E-state index contributed by atoms with van der Waals surface area (Å²) in [6, 6.07) is 4.51. The molecule has 9 heteroatoms. The molecule has 0 aliphatic carbocycles. The van der Waals surface area contributed by atoms with Crippen LogP contribution in [0.5, 0.6) is 0 Å². The summed E-state index contributed by atoms with van der Waals surface area (Å²) in [6.45, 7) is 8.15. The summed E-state index contributed by atoms with van der Waals surface area (Å²) in [6.07, 6.45) is 6.69. The Morgan fingerprint density at radius 3 is 2.74 bits per heavy atom. The van der Waals surface area contributed by atoms with E-state index < -0.39 is 17.9 Å². The van der Waals surface area contributed by atoms with Crippen LogP contribution in [0, 0.1) is 12.7 Å². The molecule has 34 heavy (non-hydrogen) atoms. The van der Waals surface area contributed by atoms with Gasteiger partial charge in [0.25, 0.3) is 5.91 Å². The van der Waals surface area contributed by atoms with E-state index >= 15 is 0 Å². The van der Waals surface area contributed by atoms with Crippen LogP contribution in [0.15, 0.2) is 43.0 Å². The van der Waals surface area contributed by atoms with Gasteiger partial charge < -0.3 is 15.5 Å². The lowest BCUT2D eigenvalue weighted by Gasteiger charge is -2.34. The predicted molar refractivity (Wildman–Crippen MR) is 129 cm³/mol. The molecule has 1 fully saturated rings. The van der Waals surface area contributed by atoms with Gasteiger partial charge in [-0.3, -0.25) is 9.78 Å². The fourth-order valence-electron chi connectivity index (χ4n) is 4.25. The number of alkyl halides is 1. The van der Waals surface area contributed by atoms with E-state index in [-0.39, 0.29) is 11.6 Å². The zero-order chi connectivity index (χ0) is 24.2. The predicted octanol–water partition coefficient (Wildman–Crippen LogP) is 3.98. The Kier molecular flexibility index (Phi) is 7.21. The second-order valence-electron chi connectivity index (χ2n) is 8.56. The van der Waals surface area contributed by atoms with Gasteiger partial charge in [0.1, 0.15) is 12.0 Å². The molecule has 0 bridgehead atoms. The maximum absolute atomic E-state index is 14.6. The zero-order valence-electron chi connectivity index (χ0n) is 19.7. The highest BCUT2D eigenvalue weighted by molar-refractivity contribution is 5.95. The van der Waals surface area contributed by atoms with Crippen molar-refractivity contribution in [1.82, 2.24) is 25.0 Å². The lowest BCUT2D eigenvalue weighted by atomic mass is 10.0. The van der Waals surface area contributed by atoms with Crippen LogP contribution in [0.4, 0.5) is 14.5 Å². The molecule has 1 saturated heterocycles. The Morgan fingerprint density at radius 2 is 2.00 bits per heavy atom. The van der Waals surface area contributed by atoms with Crippen molar-refractivity contribution in [2.45, 2.75) is 39.4 Å². The zero-order valence-corrected chi connectivity index (χ0v) is 19.7. The number of aryl methyl sites for hydroxylation is 1. The van der Waals surface area contributed by atoms with E-state index in [4.69, 9.17) is 0 Å². The summed E-state index contributed by atoms with van der Waals surface area (Å²) < 4.78 is 30.6. The molecule has 1 aliphatic rings. The van der Waals surface area contributed by atoms with Gasteiger partial charge in [-0.15, -0.1) is 0 Å². The Hall–Kier alpha value is -3.33. The van der Waals surface area contributed by atoms with Crippen LogP contribution in [0.25, 0.3) is 16.8 Å². The lowest BCUT2D eigenvalue weighted by Crippen LogP contribution is -2.47. The van der Waals surface area contributed by atoms with Gasteiger partial charge in [0.15, 0.2) is 0 Å². The van der Waals surface area contributed by atoms with Crippen molar-refractivity contribution in [3.63, 3.8) is 0 Å². The molecule has 1 aromatic carbocycles. The highest BCUT2D eigenvalue weighted by Crippen LogP contribution is 2.26. The monoisotopic (exact) mass is 468 g/mol. The summed E-state index contributed by atoms with van der Waals surface area (Å²) in [5, 5.41) is 10.3. The number of nitrogens with zero attached hydrogens (tertiary/aromatic N) is 4. The smallest absolute Gasteiger partial charge is 0.254 e. The van der Waals surface area contributed by atoms with Crippen molar-refractivity contribution < 1.29 is 13.6 Å². The highest BCUT2D eigenvalue weighted by atomic mass is 19.1. The maximum Gasteiger partial charge on any atom is 0.254 e. The maximum atomic E-state index is 14.6. The van der Waals surface area contributed by atoms with E-state index in [0.717, 1.165) is 36.3 Å². The van der Waals surface area contributed by atoms with E-state index in [1.807, 2.05) is 13.0 Å². The second kappa shape index (κ2) is 10.3. The fourth-order valence-corrected chi connectivity index (χ4v) is 4.25. The van der Waals surface area contributed by atoms with Gasteiger partial charge in [-0.05, 0) is 50.6 Å². The van der Waals surface area contributed by atoms with Gasteiger partial charge >= 0.3 is 0 Å². The van der Waals surface area contributed by atoms with Crippen molar-refractivity contribution in [2.24, 2.45) is 0 Å². The quantitative estimate of drug-likeness (QED) is 0.549. The van der Waals surface area contributed by atoms with Gasteiger partial charge in [0.05, 0.1) is 29.2 Å². The Morgan fingerprint density at radius 1 is 1.18 bits per heavy atom. The van der Waals surface area contributed by atoms with E-state index in [1.165, 1.54) is 12.1 Å². The average molecular weight is 469 g/mol. The topological polar surface area (TPSA) is 75.1 Å². The second-order valence-corrected chi connectivity index (χ2v) is 8.56. The number of anilines is 1. The molecule has 2 aromatic heterocycles. The van der Waals surface area contributed by atoms with Crippen LogP contribution in [-0.2, 0) is 0 Å². The van der Waals surface area contributed by atoms with Crippen molar-refractivity contribution in [3.05, 3.63) is 59.9 Å². The molecule has 1 amide bonds. The van der Waals surface area contributed by atoms with Crippen molar-refractivity contribution in [3.8, 4) is 16.8 Å². The van der Waals surface area contributed by atoms with Crippen LogP contribution >= 0.6 is 0 Å². The highest BCUT2D eigenvalue weighted by Gasteiger charge is 2.28. The van der Waals surface area contributed by atoms with Crippen molar-refractivity contribution in [2.75, 3.05) is 31.5 Å². The number of hydrogen-bond acceptors (Lipinski definition) is 5. The molecule has 2 atom stereocenters. The number of benzene rings is 1. The first-order valence-corrected chi connectivity index (χ1v) is 11.6. The number of nitrogens with one attached hydrogen (secondary N) is 2. The molecule has 1 aliphatic heterocycles. The number of aromatic nitrogens is 3. The minimum atomic E-state index is -0.944. The average Bonchev–Trinajstić information content (AvgIpc) is 3.31. The molecular formula is C25H30F2N6O. The summed E-state index contributed by atoms with van der Waals surface area (Å²) in [7, 11) is 0. The molecule has 0 spiro atoms. The summed E-state index contributed by atoms with van der Waals surface area (Å²) in [4.78, 5) is 18.6. The van der Waals surface area contributed by atoms with Crippen molar-refractivity contribution >= 4 is 11.6 Å². The third kappa shape index (κ3) is 5.09. The van der Waals surface area contributed by atoms with E-state index in [9.17, 15) is 13.6 Å². The molecular weight excluding hydrogens is 438 g/mol. The number of pyridine rings is 1. The largest absolute Gasteiger partial charge is 0.378 e. The van der Waals surface area contributed by atoms with Gasteiger partial charge in [0.2, 0.25) is 0 Å². The Labute approximate surface area is 198 Å². The third-order valence-corrected chi connectivity index (χ3v) is 6.19. The normalized spacial score (nSPS) is 18.6. The molecule has 2 N–H and O–H groups in total. The number of amides is 1. The molecule has 0 radical (unpaired) electrons. The minimum Gasteiger partial charge on any atom is -0.378 e. The first-order chi connectivity index (χ1) is 16.4. The number of carbonyl (C=O) groups excluding carboxylic acids is 1. The van der Waals surface area contributed by atoms with Crippen LogP contribution in [0.2, 0.25) is 0 Å². The molecule has 0 saturated carbocycles. The van der Waals surface area contributed by atoms with Crippen LogP contribution < -0.4 is 10.6 Å². The Bertz CT molecular complexity index is 1160. The number of carbonyl (C=O) groups is 1. The van der Waals surface area contributed by atoms with E-state index in [0.29, 0.717) is 24.3 Å². The molecule has 4 rings (SSSR count). The number of halogens is 2.